The molecule has 0 radical (unpaired) electrons. The monoisotopic (exact) mass is 336 g/mol. The van der Waals surface area contributed by atoms with Gasteiger partial charge in [-0.3, -0.25) is 4.79 Å². The average Bonchev–Trinajstić information content (AvgIpc) is 3.09. The number of ether oxygens (including phenoxy) is 1. The second-order valence-electron chi connectivity index (χ2n) is 5.55. The molecule has 0 aliphatic heterocycles. The zero-order valence-electron chi connectivity index (χ0n) is 14.1. The van der Waals surface area contributed by atoms with Crippen molar-refractivity contribution in [3.63, 3.8) is 0 Å². The molecule has 1 aromatic carbocycles. The Labute approximate surface area is 146 Å². The van der Waals surface area contributed by atoms with Crippen molar-refractivity contribution < 1.29 is 9.53 Å². The van der Waals surface area contributed by atoms with Crippen molar-refractivity contribution >= 4 is 5.91 Å². The Kier molecular flexibility index (Phi) is 5.41. The topological polar surface area (TPSA) is 69.0 Å². The van der Waals surface area contributed by atoms with E-state index < -0.39 is 0 Å². The third-order valence-electron chi connectivity index (χ3n) is 3.84. The van der Waals surface area contributed by atoms with Gasteiger partial charge in [0, 0.05) is 44.2 Å². The van der Waals surface area contributed by atoms with Crippen molar-refractivity contribution in [3.8, 4) is 5.88 Å². The van der Waals surface area contributed by atoms with Crippen LogP contribution in [-0.4, -0.2) is 34.1 Å². The largest absolute Gasteiger partial charge is 0.481 e. The molecule has 3 rings (SSSR count). The quantitative estimate of drug-likeness (QED) is 0.719. The third kappa shape index (κ3) is 4.44. The summed E-state index contributed by atoms with van der Waals surface area (Å²) in [5, 5.41) is 2.89. The van der Waals surface area contributed by atoms with E-state index in [2.05, 4.69) is 32.0 Å². The third-order valence-corrected chi connectivity index (χ3v) is 3.84. The molecule has 0 saturated heterocycles. The molecule has 0 aliphatic rings. The number of carbonyl (C=O) groups is 1. The lowest BCUT2D eigenvalue weighted by Gasteiger charge is -2.09. The number of hydrogen-bond acceptors (Lipinski definition) is 4. The Morgan fingerprint density at radius 2 is 2.00 bits per heavy atom. The van der Waals surface area contributed by atoms with Crippen LogP contribution in [0.5, 0.6) is 5.88 Å². The molecule has 2 heterocycles. The minimum atomic E-state index is -0.156. The number of benzene rings is 1. The Morgan fingerprint density at radius 1 is 1.16 bits per heavy atom. The summed E-state index contributed by atoms with van der Waals surface area (Å²) >= 11 is 0. The predicted molar refractivity (Wildman–Crippen MR) is 94.6 cm³/mol. The molecule has 3 aromatic rings. The van der Waals surface area contributed by atoms with E-state index in [-0.39, 0.29) is 5.91 Å². The van der Waals surface area contributed by atoms with E-state index in [9.17, 15) is 4.79 Å². The van der Waals surface area contributed by atoms with Crippen LogP contribution in [0.4, 0.5) is 0 Å². The van der Waals surface area contributed by atoms with Gasteiger partial charge in [-0.2, -0.15) is 0 Å². The van der Waals surface area contributed by atoms with Crippen LogP contribution < -0.4 is 10.1 Å². The number of carbonyl (C=O) groups excluding carboxylic acids is 1. The molecule has 1 N–H and O–H groups in total. The second-order valence-corrected chi connectivity index (χ2v) is 5.55. The van der Waals surface area contributed by atoms with Crippen LogP contribution in [0, 0.1) is 0 Å². The summed E-state index contributed by atoms with van der Waals surface area (Å²) in [5.74, 6) is 1.27. The minimum Gasteiger partial charge on any atom is -0.481 e. The lowest BCUT2D eigenvalue weighted by atomic mass is 10.2. The lowest BCUT2D eigenvalue weighted by molar-refractivity contribution is 0.0953. The molecule has 0 aliphatic carbocycles. The highest BCUT2D eigenvalue weighted by molar-refractivity contribution is 5.93. The number of rotatable bonds is 7. The molecule has 0 unspecified atom stereocenters. The predicted octanol–water partition coefficient (Wildman–Crippen LogP) is 2.31. The Balaban J connectivity index is 1.54. The molecule has 2 aromatic heterocycles. The van der Waals surface area contributed by atoms with E-state index in [1.165, 1.54) is 11.8 Å². The smallest absolute Gasteiger partial charge is 0.252 e. The summed E-state index contributed by atoms with van der Waals surface area (Å²) in [5.41, 5.74) is 1.73. The van der Waals surface area contributed by atoms with E-state index in [4.69, 9.17) is 4.74 Å². The van der Waals surface area contributed by atoms with Gasteiger partial charge in [0.25, 0.3) is 5.91 Å². The highest BCUT2D eigenvalue weighted by atomic mass is 16.5. The number of pyridine rings is 1. The number of aromatic nitrogens is 3. The van der Waals surface area contributed by atoms with Crippen LogP contribution in [0.15, 0.2) is 61.1 Å². The molecule has 6 heteroatoms. The van der Waals surface area contributed by atoms with Crippen molar-refractivity contribution in [2.45, 2.75) is 13.0 Å². The molecule has 0 spiro atoms. The van der Waals surface area contributed by atoms with Gasteiger partial charge in [-0.1, -0.05) is 30.3 Å². The van der Waals surface area contributed by atoms with Crippen molar-refractivity contribution in [3.05, 3.63) is 78.0 Å². The van der Waals surface area contributed by atoms with Crippen molar-refractivity contribution in [2.24, 2.45) is 0 Å². The molecule has 0 fully saturated rings. The summed E-state index contributed by atoms with van der Waals surface area (Å²) in [6.07, 6.45) is 5.91. The van der Waals surface area contributed by atoms with E-state index in [1.54, 1.807) is 25.4 Å². The van der Waals surface area contributed by atoms with Gasteiger partial charge in [-0.05, 0) is 11.6 Å². The van der Waals surface area contributed by atoms with Crippen LogP contribution in [0.2, 0.25) is 0 Å². The highest BCUT2D eigenvalue weighted by Gasteiger charge is 2.08. The van der Waals surface area contributed by atoms with Crippen LogP contribution in [0.25, 0.3) is 0 Å². The number of imidazole rings is 1. The Bertz CT molecular complexity index is 813. The molecule has 6 nitrogen and oxygen atoms in total. The van der Waals surface area contributed by atoms with Gasteiger partial charge in [0.15, 0.2) is 0 Å². The van der Waals surface area contributed by atoms with Crippen molar-refractivity contribution in [1.29, 1.82) is 0 Å². The van der Waals surface area contributed by atoms with Crippen LogP contribution in [0.1, 0.15) is 21.7 Å². The van der Waals surface area contributed by atoms with Gasteiger partial charge < -0.3 is 14.6 Å². The average molecular weight is 336 g/mol. The number of amides is 1. The minimum absolute atomic E-state index is 0.156. The van der Waals surface area contributed by atoms with Gasteiger partial charge in [-0.25, -0.2) is 9.97 Å². The van der Waals surface area contributed by atoms with E-state index in [0.29, 0.717) is 24.4 Å². The SMILES string of the molecule is COc1ccc(C(=O)NCCc2nccn2Cc2ccccc2)cn1. The lowest BCUT2D eigenvalue weighted by Crippen LogP contribution is -2.26. The van der Waals surface area contributed by atoms with Crippen LogP contribution in [-0.2, 0) is 13.0 Å². The summed E-state index contributed by atoms with van der Waals surface area (Å²) in [6.45, 7) is 1.28. The second kappa shape index (κ2) is 8.10. The first kappa shape index (κ1) is 16.7. The molecule has 1 amide bonds. The summed E-state index contributed by atoms with van der Waals surface area (Å²) in [4.78, 5) is 20.6. The highest BCUT2D eigenvalue weighted by Crippen LogP contribution is 2.07. The number of hydrogen-bond donors (Lipinski definition) is 1. The van der Waals surface area contributed by atoms with Gasteiger partial charge >= 0.3 is 0 Å². The van der Waals surface area contributed by atoms with Gasteiger partial charge in [-0.15, -0.1) is 0 Å². The fourth-order valence-electron chi connectivity index (χ4n) is 2.52. The number of nitrogens with one attached hydrogen (secondary N) is 1. The zero-order valence-corrected chi connectivity index (χ0v) is 14.1. The Morgan fingerprint density at radius 3 is 2.72 bits per heavy atom. The first-order valence-corrected chi connectivity index (χ1v) is 8.08. The summed E-state index contributed by atoms with van der Waals surface area (Å²) in [6, 6.07) is 13.6. The van der Waals surface area contributed by atoms with E-state index in [0.717, 1.165) is 12.4 Å². The first-order chi connectivity index (χ1) is 12.3. The molecule has 0 atom stereocenters. The van der Waals surface area contributed by atoms with Crippen molar-refractivity contribution in [1.82, 2.24) is 19.9 Å². The maximum atomic E-state index is 12.1. The van der Waals surface area contributed by atoms with Crippen LogP contribution >= 0.6 is 0 Å². The normalized spacial score (nSPS) is 10.4. The fraction of sp³-hybridized carbons (Fsp3) is 0.211. The molecule has 0 saturated carbocycles. The molecule has 128 valence electrons. The number of methoxy groups -OCH3 is 1. The summed E-state index contributed by atoms with van der Waals surface area (Å²) in [7, 11) is 1.54. The Hall–Kier alpha value is -3.15. The molecule has 25 heavy (non-hydrogen) atoms. The van der Waals surface area contributed by atoms with Gasteiger partial charge in [0.05, 0.1) is 12.7 Å². The van der Waals surface area contributed by atoms with E-state index in [1.807, 2.05) is 24.4 Å². The standard InChI is InChI=1S/C19H20N4O2/c1-25-18-8-7-16(13-22-18)19(24)21-10-9-17-20-11-12-23(17)14-15-5-3-2-4-6-15/h2-8,11-13H,9-10,14H2,1H3,(H,21,24). The first-order valence-electron chi connectivity index (χ1n) is 8.08. The van der Waals surface area contributed by atoms with Gasteiger partial charge in [0.1, 0.15) is 5.82 Å². The molecular weight excluding hydrogens is 316 g/mol. The van der Waals surface area contributed by atoms with Crippen LogP contribution in [0.3, 0.4) is 0 Å². The maximum Gasteiger partial charge on any atom is 0.252 e. The number of nitrogens with zero attached hydrogens (tertiary/aromatic N) is 3. The maximum absolute atomic E-state index is 12.1. The molecule has 0 bridgehead atoms. The van der Waals surface area contributed by atoms with Gasteiger partial charge in [0.2, 0.25) is 5.88 Å². The fourth-order valence-corrected chi connectivity index (χ4v) is 2.52. The zero-order chi connectivity index (χ0) is 17.5. The molecular formula is C19H20N4O2. The van der Waals surface area contributed by atoms with E-state index >= 15 is 0 Å². The van der Waals surface area contributed by atoms with Crippen molar-refractivity contribution in [2.75, 3.05) is 13.7 Å². The summed E-state index contributed by atoms with van der Waals surface area (Å²) < 4.78 is 7.08.